The van der Waals surface area contributed by atoms with Gasteiger partial charge in [-0.05, 0) is 25.7 Å². The Hall–Kier alpha value is -1.12. The summed E-state index contributed by atoms with van der Waals surface area (Å²) in [6.45, 7) is 6.16. The van der Waals surface area contributed by atoms with E-state index < -0.39 is 0 Å². The van der Waals surface area contributed by atoms with E-state index in [2.05, 4.69) is 13.8 Å². The molecule has 2 aliphatic carbocycles. The third-order valence-corrected chi connectivity index (χ3v) is 5.11. The monoisotopic (exact) mass is 248 g/mol. The Labute approximate surface area is 108 Å². The van der Waals surface area contributed by atoms with Crippen molar-refractivity contribution in [2.75, 3.05) is 0 Å². The molecule has 0 radical (unpaired) electrons. The second-order valence-electron chi connectivity index (χ2n) is 6.22. The van der Waals surface area contributed by atoms with Gasteiger partial charge in [-0.3, -0.25) is 9.59 Å². The van der Waals surface area contributed by atoms with Crippen LogP contribution < -0.4 is 0 Å². The Morgan fingerprint density at radius 3 is 2.67 bits per heavy atom. The zero-order valence-corrected chi connectivity index (χ0v) is 11.2. The highest BCUT2D eigenvalue weighted by Gasteiger charge is 2.52. The number of esters is 1. The average molecular weight is 248 g/mol. The van der Waals surface area contributed by atoms with E-state index >= 15 is 0 Å². The van der Waals surface area contributed by atoms with Gasteiger partial charge in [0.05, 0.1) is 5.92 Å². The van der Waals surface area contributed by atoms with Crippen LogP contribution in [0.5, 0.6) is 0 Å². The normalized spacial score (nSPS) is 43.6. The summed E-state index contributed by atoms with van der Waals surface area (Å²) < 4.78 is 5.61. The van der Waals surface area contributed by atoms with Crippen molar-refractivity contribution in [1.29, 1.82) is 0 Å². The van der Waals surface area contributed by atoms with Gasteiger partial charge in [-0.25, -0.2) is 0 Å². The van der Waals surface area contributed by atoms with Gasteiger partial charge in [0.2, 0.25) is 0 Å². The fourth-order valence-electron chi connectivity index (χ4n) is 4.07. The van der Waals surface area contributed by atoms with Gasteiger partial charge in [-0.2, -0.15) is 0 Å². The molecule has 0 unspecified atom stereocenters. The number of Topliss-reactive ketones (excluding diaryl/α,β-unsaturated/α-hetero) is 1. The fourth-order valence-corrected chi connectivity index (χ4v) is 4.07. The minimum Gasteiger partial charge on any atom is -0.461 e. The van der Waals surface area contributed by atoms with E-state index in [0.717, 1.165) is 18.4 Å². The average Bonchev–Trinajstić information content (AvgIpc) is 2.68. The number of hydrogen-bond donors (Lipinski definition) is 0. The van der Waals surface area contributed by atoms with E-state index in [9.17, 15) is 9.59 Å². The maximum absolute atomic E-state index is 12.1. The second-order valence-corrected chi connectivity index (χ2v) is 6.22. The van der Waals surface area contributed by atoms with Crippen molar-refractivity contribution in [3.63, 3.8) is 0 Å². The highest BCUT2D eigenvalue weighted by atomic mass is 16.6. The highest BCUT2D eigenvalue weighted by molar-refractivity contribution is 5.99. The largest absolute Gasteiger partial charge is 0.461 e. The van der Waals surface area contributed by atoms with Crippen LogP contribution in [0.2, 0.25) is 0 Å². The van der Waals surface area contributed by atoms with Crippen LogP contribution in [0, 0.1) is 23.7 Å². The quantitative estimate of drug-likeness (QED) is 0.619. The van der Waals surface area contributed by atoms with Gasteiger partial charge in [0.25, 0.3) is 0 Å². The van der Waals surface area contributed by atoms with Crippen molar-refractivity contribution in [2.45, 2.75) is 46.1 Å². The maximum atomic E-state index is 12.1. The Morgan fingerprint density at radius 2 is 1.94 bits per heavy atom. The first kappa shape index (κ1) is 11.9. The molecule has 0 bridgehead atoms. The molecule has 0 aromatic carbocycles. The summed E-state index contributed by atoms with van der Waals surface area (Å²) in [5.41, 5.74) is 2.21. The van der Waals surface area contributed by atoms with Crippen molar-refractivity contribution < 1.29 is 14.3 Å². The predicted molar refractivity (Wildman–Crippen MR) is 66.7 cm³/mol. The van der Waals surface area contributed by atoms with E-state index in [0.29, 0.717) is 18.3 Å². The third-order valence-electron chi connectivity index (χ3n) is 5.11. The lowest BCUT2D eigenvalue weighted by Crippen LogP contribution is -2.29. The van der Waals surface area contributed by atoms with Crippen molar-refractivity contribution in [3.8, 4) is 0 Å². The highest BCUT2D eigenvalue weighted by Crippen LogP contribution is 2.49. The molecule has 0 spiro atoms. The number of ketones is 1. The summed E-state index contributed by atoms with van der Waals surface area (Å²) in [6.07, 6.45) is 2.48. The Balaban J connectivity index is 2.04. The van der Waals surface area contributed by atoms with E-state index in [1.165, 1.54) is 5.57 Å². The summed E-state index contributed by atoms with van der Waals surface area (Å²) in [5.74, 6) is 0.954. The topological polar surface area (TPSA) is 43.4 Å². The first-order chi connectivity index (χ1) is 8.50. The third kappa shape index (κ3) is 1.49. The molecule has 1 heterocycles. The van der Waals surface area contributed by atoms with Gasteiger partial charge in [-0.15, -0.1) is 0 Å². The van der Waals surface area contributed by atoms with Crippen LogP contribution in [0.15, 0.2) is 11.1 Å². The number of carbonyl (C=O) groups is 2. The molecule has 2 fully saturated rings. The van der Waals surface area contributed by atoms with E-state index in [4.69, 9.17) is 4.74 Å². The Morgan fingerprint density at radius 1 is 1.22 bits per heavy atom. The molecule has 18 heavy (non-hydrogen) atoms. The lowest BCUT2D eigenvalue weighted by Gasteiger charge is -2.26. The predicted octanol–water partition coefficient (Wildman–Crippen LogP) is 2.50. The van der Waals surface area contributed by atoms with Gasteiger partial charge < -0.3 is 4.74 Å². The molecule has 3 heteroatoms. The molecule has 0 N–H and O–H groups in total. The number of allylic oxidation sites excluding steroid dienone is 1. The summed E-state index contributed by atoms with van der Waals surface area (Å²) in [6, 6.07) is 0. The molecular weight excluding hydrogens is 228 g/mol. The molecule has 3 rings (SSSR count). The van der Waals surface area contributed by atoms with Gasteiger partial charge in [0.1, 0.15) is 6.10 Å². The van der Waals surface area contributed by atoms with Gasteiger partial charge in [0.15, 0.2) is 5.78 Å². The van der Waals surface area contributed by atoms with Crippen molar-refractivity contribution in [2.24, 2.45) is 23.7 Å². The van der Waals surface area contributed by atoms with E-state index in [1.807, 2.05) is 6.92 Å². The number of rotatable bonds is 0. The smallest absolute Gasteiger partial charge is 0.309 e. The van der Waals surface area contributed by atoms with Crippen molar-refractivity contribution in [3.05, 3.63) is 11.1 Å². The van der Waals surface area contributed by atoms with Crippen molar-refractivity contribution >= 4 is 11.8 Å². The number of fused-ring (bicyclic) bond motifs is 3. The fraction of sp³-hybridized carbons (Fsp3) is 0.733. The Kier molecular flexibility index (Phi) is 2.61. The lowest BCUT2D eigenvalue weighted by molar-refractivity contribution is -0.145. The Bertz CT molecular complexity index is 449. The van der Waals surface area contributed by atoms with Gasteiger partial charge >= 0.3 is 5.97 Å². The maximum Gasteiger partial charge on any atom is 0.309 e. The standard InChI is InChI=1S/C15H20O3/c1-7-4-5-10-9(3)15(17)18-14(10)13-8(2)6-11(16)12(7)13/h8-10,13-14H,4-6H2,1-3H3/t8-,9+,10+,13-,14+/m0/s1. The first-order valence-electron chi connectivity index (χ1n) is 6.94. The minimum atomic E-state index is -0.0737. The van der Waals surface area contributed by atoms with E-state index in [1.54, 1.807) is 0 Å². The molecule has 1 aliphatic heterocycles. The zero-order valence-electron chi connectivity index (χ0n) is 11.2. The van der Waals surface area contributed by atoms with E-state index in [-0.39, 0.29) is 29.7 Å². The molecule has 3 aliphatic rings. The summed E-state index contributed by atoms with van der Waals surface area (Å²) in [7, 11) is 0. The summed E-state index contributed by atoms with van der Waals surface area (Å²) in [4.78, 5) is 23.9. The SMILES string of the molecule is CC1=C2C(=O)C[C@H](C)[C@@H]2[C@@H]2OC(=O)[C@H](C)[C@H]2CC1. The minimum absolute atomic E-state index is 0.00921. The molecule has 0 amide bonds. The summed E-state index contributed by atoms with van der Waals surface area (Å²) >= 11 is 0. The summed E-state index contributed by atoms with van der Waals surface area (Å²) in [5, 5.41) is 0. The molecule has 98 valence electrons. The molecule has 1 saturated carbocycles. The number of hydrogen-bond acceptors (Lipinski definition) is 3. The molecule has 5 atom stereocenters. The van der Waals surface area contributed by atoms with Crippen molar-refractivity contribution in [1.82, 2.24) is 0 Å². The lowest BCUT2D eigenvalue weighted by atomic mass is 9.80. The van der Waals surface area contributed by atoms with Crippen LogP contribution in [0.1, 0.15) is 40.0 Å². The number of carbonyl (C=O) groups excluding carboxylic acids is 2. The van der Waals surface area contributed by atoms with Crippen LogP contribution in [0.25, 0.3) is 0 Å². The van der Waals surface area contributed by atoms with Gasteiger partial charge in [0, 0.05) is 23.8 Å². The molecular formula is C15H20O3. The molecule has 0 aromatic heterocycles. The van der Waals surface area contributed by atoms with Gasteiger partial charge in [-0.1, -0.05) is 19.4 Å². The molecule has 3 nitrogen and oxygen atoms in total. The van der Waals surface area contributed by atoms with Crippen LogP contribution in [0.3, 0.4) is 0 Å². The van der Waals surface area contributed by atoms with Crippen LogP contribution in [-0.4, -0.2) is 17.9 Å². The number of ether oxygens (including phenoxy) is 1. The zero-order chi connectivity index (χ0) is 13.0. The molecule has 1 saturated heterocycles. The van der Waals surface area contributed by atoms with Crippen LogP contribution >= 0.6 is 0 Å². The van der Waals surface area contributed by atoms with Crippen LogP contribution in [0.4, 0.5) is 0 Å². The van der Waals surface area contributed by atoms with Crippen LogP contribution in [-0.2, 0) is 14.3 Å². The second kappa shape index (κ2) is 3.94. The molecule has 0 aromatic rings. The first-order valence-corrected chi connectivity index (χ1v) is 6.94.